The van der Waals surface area contributed by atoms with Crippen molar-refractivity contribution < 1.29 is 23.5 Å². The number of aryl methyl sites for hydroxylation is 4. The summed E-state index contributed by atoms with van der Waals surface area (Å²) in [5, 5.41) is 11.7. The Bertz CT molecular complexity index is 1570. The monoisotopic (exact) mass is 418 g/mol. The zero-order chi connectivity index (χ0) is 22.2. The van der Waals surface area contributed by atoms with E-state index in [4.69, 9.17) is 13.6 Å². The molecule has 2 aromatic heterocycles. The van der Waals surface area contributed by atoms with Crippen molar-refractivity contribution in [3.8, 4) is 11.5 Å². The summed E-state index contributed by atoms with van der Waals surface area (Å²) >= 11 is 0. The van der Waals surface area contributed by atoms with Gasteiger partial charge in [0.15, 0.2) is 5.75 Å². The standard InChI is InChI=1S/C24H18O7/c1-9-5-13-15(7-11(9)3)29-23(27)18(20(13)25)17-19-21(31-22(17)26)14-6-10(2)12(4)8-16(14)30-24(19)28/h5-8,17,25H,1-4H3. The minimum Gasteiger partial charge on any atom is -0.507 e. The molecular formula is C24H18O7. The first kappa shape index (κ1) is 19.1. The molecule has 0 aliphatic carbocycles. The number of hydrogen-bond acceptors (Lipinski definition) is 7. The summed E-state index contributed by atoms with van der Waals surface area (Å²) in [5.74, 6) is -2.66. The lowest BCUT2D eigenvalue weighted by Gasteiger charge is -2.11. The van der Waals surface area contributed by atoms with Gasteiger partial charge in [0, 0.05) is 0 Å². The van der Waals surface area contributed by atoms with E-state index in [1.807, 2.05) is 27.7 Å². The summed E-state index contributed by atoms with van der Waals surface area (Å²) < 4.78 is 16.3. The maximum Gasteiger partial charge on any atom is 0.344 e. The lowest BCUT2D eigenvalue weighted by atomic mass is 9.92. The molecule has 1 N–H and O–H groups in total. The second-order valence-electron chi connectivity index (χ2n) is 8.00. The molecule has 0 amide bonds. The summed E-state index contributed by atoms with van der Waals surface area (Å²) in [7, 11) is 0. The molecule has 0 bridgehead atoms. The van der Waals surface area contributed by atoms with Crippen LogP contribution in [0, 0.1) is 27.7 Å². The molecule has 1 aliphatic rings. The molecule has 156 valence electrons. The number of rotatable bonds is 1. The maximum absolute atomic E-state index is 12.8. The van der Waals surface area contributed by atoms with E-state index in [2.05, 4.69) is 0 Å². The van der Waals surface area contributed by atoms with E-state index in [0.29, 0.717) is 5.39 Å². The van der Waals surface area contributed by atoms with Crippen LogP contribution < -0.4 is 16.0 Å². The van der Waals surface area contributed by atoms with Crippen LogP contribution in [0.15, 0.2) is 42.7 Å². The van der Waals surface area contributed by atoms with Gasteiger partial charge in [-0.15, -0.1) is 0 Å². The average Bonchev–Trinajstić information content (AvgIpc) is 3.03. The molecule has 4 aromatic rings. The van der Waals surface area contributed by atoms with Crippen LogP contribution in [0.1, 0.15) is 39.3 Å². The fourth-order valence-electron chi connectivity index (χ4n) is 4.05. The molecule has 7 heteroatoms. The molecule has 0 saturated carbocycles. The van der Waals surface area contributed by atoms with E-state index >= 15 is 0 Å². The van der Waals surface area contributed by atoms with Gasteiger partial charge in [-0.2, -0.15) is 0 Å². The number of benzene rings is 2. The highest BCUT2D eigenvalue weighted by molar-refractivity contribution is 5.99. The molecule has 1 aliphatic heterocycles. The Hall–Kier alpha value is -3.87. The molecule has 0 saturated heterocycles. The molecule has 2 aromatic carbocycles. The third-order valence-electron chi connectivity index (χ3n) is 6.05. The van der Waals surface area contributed by atoms with Crippen LogP contribution in [0.2, 0.25) is 0 Å². The van der Waals surface area contributed by atoms with Gasteiger partial charge >= 0.3 is 17.2 Å². The van der Waals surface area contributed by atoms with Gasteiger partial charge < -0.3 is 18.7 Å². The molecule has 7 nitrogen and oxygen atoms in total. The normalized spacial score (nSPS) is 15.5. The Morgan fingerprint density at radius 3 is 1.81 bits per heavy atom. The summed E-state index contributed by atoms with van der Waals surface area (Å²) in [6.07, 6.45) is 0. The van der Waals surface area contributed by atoms with E-state index < -0.39 is 28.9 Å². The first-order valence-corrected chi connectivity index (χ1v) is 9.74. The molecule has 5 rings (SSSR count). The Morgan fingerprint density at radius 1 is 0.710 bits per heavy atom. The van der Waals surface area contributed by atoms with Crippen molar-refractivity contribution >= 4 is 27.9 Å². The second kappa shape index (κ2) is 6.31. The van der Waals surface area contributed by atoms with Crippen LogP contribution in [0.5, 0.6) is 11.5 Å². The molecule has 0 spiro atoms. The highest BCUT2D eigenvalue weighted by atomic mass is 16.5. The largest absolute Gasteiger partial charge is 0.507 e. The van der Waals surface area contributed by atoms with Crippen LogP contribution in [-0.4, -0.2) is 11.1 Å². The van der Waals surface area contributed by atoms with Gasteiger partial charge in [0.25, 0.3) is 0 Å². The maximum atomic E-state index is 12.8. The number of aromatic hydroxyl groups is 1. The first-order chi connectivity index (χ1) is 14.7. The van der Waals surface area contributed by atoms with Crippen molar-refractivity contribution in [3.63, 3.8) is 0 Å². The number of fused-ring (bicyclic) bond motifs is 4. The summed E-state index contributed by atoms with van der Waals surface area (Å²) in [5.41, 5.74) is 1.87. The smallest absolute Gasteiger partial charge is 0.344 e. The Balaban J connectivity index is 1.84. The lowest BCUT2D eigenvalue weighted by molar-refractivity contribution is -0.133. The van der Waals surface area contributed by atoms with Gasteiger partial charge in [0.05, 0.1) is 16.3 Å². The number of carbonyl (C=O) groups excluding carboxylic acids is 1. The van der Waals surface area contributed by atoms with Crippen molar-refractivity contribution in [2.24, 2.45) is 0 Å². The van der Waals surface area contributed by atoms with E-state index in [0.717, 1.165) is 22.3 Å². The fraction of sp³-hybridized carbons (Fsp3) is 0.208. The Morgan fingerprint density at radius 2 is 1.19 bits per heavy atom. The summed E-state index contributed by atoms with van der Waals surface area (Å²) in [6, 6.07) is 6.77. The third-order valence-corrected chi connectivity index (χ3v) is 6.05. The van der Waals surface area contributed by atoms with Gasteiger partial charge in [-0.1, -0.05) is 0 Å². The van der Waals surface area contributed by atoms with Crippen LogP contribution in [0.25, 0.3) is 21.9 Å². The number of ether oxygens (including phenoxy) is 1. The quantitative estimate of drug-likeness (QED) is 0.369. The van der Waals surface area contributed by atoms with Gasteiger partial charge in [-0.3, -0.25) is 4.79 Å². The Labute approximate surface area is 175 Å². The van der Waals surface area contributed by atoms with Crippen molar-refractivity contribution in [1.29, 1.82) is 0 Å². The fourth-order valence-corrected chi connectivity index (χ4v) is 4.05. The highest BCUT2D eigenvalue weighted by Gasteiger charge is 2.43. The molecular weight excluding hydrogens is 400 g/mol. The predicted molar refractivity (Wildman–Crippen MR) is 113 cm³/mol. The van der Waals surface area contributed by atoms with Crippen molar-refractivity contribution in [2.75, 3.05) is 0 Å². The van der Waals surface area contributed by atoms with Crippen LogP contribution in [-0.2, 0) is 4.79 Å². The highest BCUT2D eigenvalue weighted by Crippen LogP contribution is 2.44. The van der Waals surface area contributed by atoms with Crippen molar-refractivity contribution in [1.82, 2.24) is 0 Å². The van der Waals surface area contributed by atoms with Gasteiger partial charge in [-0.05, 0) is 74.2 Å². The second-order valence-corrected chi connectivity index (χ2v) is 8.00. The van der Waals surface area contributed by atoms with Gasteiger partial charge in [0.1, 0.15) is 28.4 Å². The first-order valence-electron chi connectivity index (χ1n) is 9.74. The zero-order valence-corrected chi connectivity index (χ0v) is 17.3. The lowest BCUT2D eigenvalue weighted by Crippen LogP contribution is -2.22. The minimum absolute atomic E-state index is 0.0448. The van der Waals surface area contributed by atoms with Crippen LogP contribution >= 0.6 is 0 Å². The SMILES string of the molecule is Cc1cc2oc(=O)c(C3C(=O)Oc4c3c(=O)oc3cc(C)c(C)cc43)c(O)c2cc1C. The van der Waals surface area contributed by atoms with Crippen LogP contribution in [0.3, 0.4) is 0 Å². The summed E-state index contributed by atoms with van der Waals surface area (Å²) in [4.78, 5) is 38.5. The van der Waals surface area contributed by atoms with Gasteiger partial charge in [0.2, 0.25) is 0 Å². The molecule has 3 heterocycles. The number of carbonyl (C=O) groups is 1. The van der Waals surface area contributed by atoms with E-state index in [1.54, 1.807) is 24.3 Å². The third kappa shape index (κ3) is 2.63. The number of esters is 1. The molecule has 31 heavy (non-hydrogen) atoms. The zero-order valence-electron chi connectivity index (χ0n) is 17.3. The van der Waals surface area contributed by atoms with Crippen molar-refractivity contribution in [2.45, 2.75) is 33.6 Å². The van der Waals surface area contributed by atoms with Gasteiger partial charge in [-0.25, -0.2) is 9.59 Å². The van der Waals surface area contributed by atoms with E-state index in [-0.39, 0.29) is 33.4 Å². The average molecular weight is 418 g/mol. The Kier molecular flexibility index (Phi) is 3.89. The molecule has 0 fully saturated rings. The van der Waals surface area contributed by atoms with E-state index in [1.165, 1.54) is 0 Å². The van der Waals surface area contributed by atoms with Crippen LogP contribution in [0.4, 0.5) is 0 Å². The number of hydrogen-bond donors (Lipinski definition) is 1. The molecule has 1 unspecified atom stereocenters. The van der Waals surface area contributed by atoms with E-state index in [9.17, 15) is 19.5 Å². The predicted octanol–water partition coefficient (Wildman–Crippen LogP) is 3.89. The van der Waals surface area contributed by atoms with Crippen molar-refractivity contribution in [3.05, 3.63) is 78.5 Å². The summed E-state index contributed by atoms with van der Waals surface area (Å²) in [6.45, 7) is 7.46. The molecule has 1 atom stereocenters. The minimum atomic E-state index is -1.44. The molecule has 0 radical (unpaired) electrons. The topological polar surface area (TPSA) is 107 Å².